The second-order valence-electron chi connectivity index (χ2n) is 9.61. The number of thiophene rings is 1. The molecule has 1 aliphatic heterocycles. The van der Waals surface area contributed by atoms with Gasteiger partial charge in [-0.05, 0) is 68.4 Å². The van der Waals surface area contributed by atoms with Crippen molar-refractivity contribution in [3.05, 3.63) is 65.5 Å². The summed E-state index contributed by atoms with van der Waals surface area (Å²) in [4.78, 5) is 30.0. The van der Waals surface area contributed by atoms with Gasteiger partial charge in [0.15, 0.2) is 0 Å². The number of ether oxygens (including phenoxy) is 1. The Hall–Kier alpha value is -3.62. The third-order valence-corrected chi connectivity index (χ3v) is 8.34. The monoisotopic (exact) mass is 517 g/mol. The lowest BCUT2D eigenvalue weighted by molar-refractivity contribution is -0.133. The third kappa shape index (κ3) is 4.86. The predicted octanol–water partition coefficient (Wildman–Crippen LogP) is 5.30. The van der Waals surface area contributed by atoms with Gasteiger partial charge < -0.3 is 24.2 Å². The molecule has 0 unspecified atom stereocenters. The van der Waals surface area contributed by atoms with E-state index >= 15 is 0 Å². The lowest BCUT2D eigenvalue weighted by atomic mass is 10.0. The number of likely N-dealkylation sites (tertiary alicyclic amines) is 1. The number of aromatic carboxylic acids is 1. The van der Waals surface area contributed by atoms with Crippen molar-refractivity contribution in [3.63, 3.8) is 0 Å². The zero-order valence-corrected chi connectivity index (χ0v) is 22.1. The van der Waals surface area contributed by atoms with Gasteiger partial charge in [0.1, 0.15) is 17.2 Å². The maximum absolute atomic E-state index is 13.6. The van der Waals surface area contributed by atoms with E-state index in [-0.39, 0.29) is 17.3 Å². The first-order valence-electron chi connectivity index (χ1n) is 12.4. The highest BCUT2D eigenvalue weighted by molar-refractivity contribution is 7.21. The Morgan fingerprint density at radius 1 is 1.03 bits per heavy atom. The van der Waals surface area contributed by atoms with Gasteiger partial charge in [-0.15, -0.1) is 11.3 Å². The molecule has 4 aromatic rings. The first-order chi connectivity index (χ1) is 17.9. The predicted molar refractivity (Wildman–Crippen MR) is 147 cm³/mol. The zero-order chi connectivity index (χ0) is 26.1. The smallest absolute Gasteiger partial charge is 0.345 e. The number of carboxylic acids is 1. The molecule has 3 heterocycles. The van der Waals surface area contributed by atoms with Gasteiger partial charge in [0.2, 0.25) is 5.91 Å². The van der Waals surface area contributed by atoms with Gasteiger partial charge in [0, 0.05) is 24.7 Å². The summed E-state index contributed by atoms with van der Waals surface area (Å²) in [5, 5.41) is 9.76. The highest BCUT2D eigenvalue weighted by Gasteiger charge is 2.28. The Morgan fingerprint density at radius 3 is 2.30 bits per heavy atom. The maximum atomic E-state index is 13.6. The van der Waals surface area contributed by atoms with Crippen molar-refractivity contribution in [2.75, 3.05) is 34.3 Å². The molecule has 8 heteroatoms. The van der Waals surface area contributed by atoms with Gasteiger partial charge >= 0.3 is 5.97 Å². The zero-order valence-electron chi connectivity index (χ0n) is 21.3. The highest BCUT2D eigenvalue weighted by atomic mass is 32.1. The van der Waals surface area contributed by atoms with E-state index in [1.165, 1.54) is 11.3 Å². The van der Waals surface area contributed by atoms with E-state index < -0.39 is 5.97 Å². The van der Waals surface area contributed by atoms with Gasteiger partial charge in [-0.2, -0.15) is 0 Å². The van der Waals surface area contributed by atoms with Crippen LogP contribution in [0, 0.1) is 0 Å². The number of aromatic nitrogens is 1. The van der Waals surface area contributed by atoms with E-state index in [0.717, 1.165) is 64.3 Å². The highest BCUT2D eigenvalue weighted by Crippen LogP contribution is 2.45. The van der Waals surface area contributed by atoms with Crippen molar-refractivity contribution in [2.24, 2.45) is 0 Å². The Kier molecular flexibility index (Phi) is 7.04. The first-order valence-corrected chi connectivity index (χ1v) is 13.2. The fraction of sp³-hybridized carbons (Fsp3) is 0.310. The number of carboxylic acid groups (broad SMARTS) is 1. The second-order valence-corrected chi connectivity index (χ2v) is 10.7. The normalized spacial score (nSPS) is 14.4. The molecule has 37 heavy (non-hydrogen) atoms. The molecule has 2 aromatic heterocycles. The summed E-state index contributed by atoms with van der Waals surface area (Å²) in [7, 11) is 5.80. The average Bonchev–Trinajstić information content (AvgIpc) is 3.47. The van der Waals surface area contributed by atoms with Crippen LogP contribution in [-0.2, 0) is 11.3 Å². The summed E-state index contributed by atoms with van der Waals surface area (Å²) in [6.45, 7) is 1.59. The number of piperidine rings is 1. The van der Waals surface area contributed by atoms with Crippen LogP contribution in [-0.4, -0.2) is 71.7 Å². The fourth-order valence-electron chi connectivity index (χ4n) is 5.18. The van der Waals surface area contributed by atoms with Crippen LogP contribution < -0.4 is 4.74 Å². The number of carbonyl (C=O) groups excluding carboxylic acids is 1. The van der Waals surface area contributed by atoms with E-state index in [9.17, 15) is 14.7 Å². The van der Waals surface area contributed by atoms with Crippen molar-refractivity contribution in [3.8, 4) is 28.1 Å². The summed E-state index contributed by atoms with van der Waals surface area (Å²) in [5.74, 6) is -0.167. The van der Waals surface area contributed by atoms with Crippen molar-refractivity contribution in [2.45, 2.75) is 25.4 Å². The largest absolute Gasteiger partial charge is 0.497 e. The standard InChI is InChI=1S/C29H31N3O4S/c1-30(2)21-13-15-31(16-14-21)25(33)18-32-23-17-24(29(34)35)37-28(23)26(19-7-5-4-6-8-19)27(32)20-9-11-22(36-3)12-10-20/h4-12,17,21H,13-16,18H2,1-3H3,(H,34,35). The summed E-state index contributed by atoms with van der Waals surface area (Å²) in [5.41, 5.74) is 4.54. The number of fused-ring (bicyclic) bond motifs is 1. The van der Waals surface area contributed by atoms with Gasteiger partial charge in [-0.1, -0.05) is 30.3 Å². The van der Waals surface area contributed by atoms with E-state index in [1.54, 1.807) is 13.2 Å². The van der Waals surface area contributed by atoms with Crippen LogP contribution in [0.4, 0.5) is 0 Å². The van der Waals surface area contributed by atoms with Crippen molar-refractivity contribution < 1.29 is 19.4 Å². The molecule has 0 radical (unpaired) electrons. The first kappa shape index (κ1) is 25.0. The molecule has 0 saturated carbocycles. The SMILES string of the molecule is COc1ccc(-c2c(-c3ccccc3)c3sc(C(=O)O)cc3n2CC(=O)N2CCC(N(C)C)CC2)cc1. The van der Waals surface area contributed by atoms with Crippen LogP contribution in [0.25, 0.3) is 32.6 Å². The number of rotatable bonds is 7. The van der Waals surface area contributed by atoms with Crippen molar-refractivity contribution in [1.82, 2.24) is 14.4 Å². The third-order valence-electron chi connectivity index (χ3n) is 7.21. The van der Waals surface area contributed by atoms with Gasteiger partial charge in [-0.25, -0.2) is 4.79 Å². The maximum Gasteiger partial charge on any atom is 0.345 e. The van der Waals surface area contributed by atoms with Crippen LogP contribution in [0.3, 0.4) is 0 Å². The lowest BCUT2D eigenvalue weighted by Crippen LogP contribution is -2.45. The molecule has 7 nitrogen and oxygen atoms in total. The summed E-state index contributed by atoms with van der Waals surface area (Å²) < 4.78 is 8.24. The van der Waals surface area contributed by atoms with Crippen LogP contribution in [0.5, 0.6) is 5.75 Å². The minimum Gasteiger partial charge on any atom is -0.497 e. The van der Waals surface area contributed by atoms with Crippen LogP contribution in [0.1, 0.15) is 22.5 Å². The molecule has 0 spiro atoms. The molecule has 0 bridgehead atoms. The number of carbonyl (C=O) groups is 2. The number of amides is 1. The number of benzene rings is 2. The van der Waals surface area contributed by atoms with E-state index in [1.807, 2.05) is 64.1 Å². The van der Waals surface area contributed by atoms with E-state index in [4.69, 9.17) is 4.74 Å². The minimum absolute atomic E-state index is 0.0477. The molecule has 1 N–H and O–H groups in total. The Morgan fingerprint density at radius 2 is 1.70 bits per heavy atom. The minimum atomic E-state index is -0.963. The molecule has 0 atom stereocenters. The second kappa shape index (κ2) is 10.4. The van der Waals surface area contributed by atoms with Crippen molar-refractivity contribution in [1.29, 1.82) is 0 Å². The van der Waals surface area contributed by atoms with Crippen LogP contribution >= 0.6 is 11.3 Å². The molecular formula is C29H31N3O4S. The number of hydrogen-bond donors (Lipinski definition) is 1. The van der Waals surface area contributed by atoms with Crippen LogP contribution in [0.2, 0.25) is 0 Å². The number of nitrogens with zero attached hydrogens (tertiary/aromatic N) is 3. The summed E-state index contributed by atoms with van der Waals surface area (Å²) in [6, 6.07) is 20.0. The molecule has 5 rings (SSSR count). The van der Waals surface area contributed by atoms with Crippen LogP contribution in [0.15, 0.2) is 60.7 Å². The molecule has 1 aliphatic rings. The topological polar surface area (TPSA) is 75.0 Å². The van der Waals surface area contributed by atoms with E-state index in [2.05, 4.69) is 19.0 Å². The molecule has 1 amide bonds. The van der Waals surface area contributed by atoms with Gasteiger partial charge in [-0.3, -0.25) is 4.79 Å². The molecule has 2 aromatic carbocycles. The quantitative estimate of drug-likeness (QED) is 0.360. The summed E-state index contributed by atoms with van der Waals surface area (Å²) in [6.07, 6.45) is 1.89. The Labute approximate surface area is 220 Å². The molecule has 192 valence electrons. The fourth-order valence-corrected chi connectivity index (χ4v) is 6.25. The number of methoxy groups -OCH3 is 1. The van der Waals surface area contributed by atoms with Gasteiger partial charge in [0.25, 0.3) is 0 Å². The van der Waals surface area contributed by atoms with E-state index in [0.29, 0.717) is 6.04 Å². The number of hydrogen-bond acceptors (Lipinski definition) is 5. The molecule has 1 saturated heterocycles. The molecule has 1 fully saturated rings. The molecule has 0 aliphatic carbocycles. The Balaban J connectivity index is 1.64. The summed E-state index contributed by atoms with van der Waals surface area (Å²) >= 11 is 1.25. The van der Waals surface area contributed by atoms with Crippen molar-refractivity contribution >= 4 is 33.4 Å². The average molecular weight is 518 g/mol. The molecular weight excluding hydrogens is 486 g/mol. The van der Waals surface area contributed by atoms with Gasteiger partial charge in [0.05, 0.1) is 23.0 Å². The lowest BCUT2D eigenvalue weighted by Gasteiger charge is -2.35. The Bertz CT molecular complexity index is 1420.